The van der Waals surface area contributed by atoms with Gasteiger partial charge in [-0.05, 0) is 79.7 Å². The van der Waals surface area contributed by atoms with E-state index < -0.39 is 0 Å². The summed E-state index contributed by atoms with van der Waals surface area (Å²) in [7, 11) is 1.42. The van der Waals surface area contributed by atoms with Gasteiger partial charge in [-0.2, -0.15) is 0 Å². The second kappa shape index (κ2) is 10.6. The SMILES string of the molecule is COC(=O)N(Cc1ccccc1C1CCN(Cc2ccc(F)cc2)CC1)c1ccc(C)cc1. The van der Waals surface area contributed by atoms with Crippen LogP contribution in [0.1, 0.15) is 41.0 Å². The molecule has 0 unspecified atom stereocenters. The maximum Gasteiger partial charge on any atom is 0.414 e. The topological polar surface area (TPSA) is 32.8 Å². The van der Waals surface area contributed by atoms with E-state index in [0.29, 0.717) is 12.5 Å². The van der Waals surface area contributed by atoms with Gasteiger partial charge in [-0.1, -0.05) is 54.1 Å². The maximum absolute atomic E-state index is 13.2. The van der Waals surface area contributed by atoms with E-state index in [-0.39, 0.29) is 11.9 Å². The van der Waals surface area contributed by atoms with Crippen molar-refractivity contribution in [2.75, 3.05) is 25.1 Å². The summed E-state index contributed by atoms with van der Waals surface area (Å²) in [6.07, 6.45) is 1.75. The van der Waals surface area contributed by atoms with Gasteiger partial charge in [0.1, 0.15) is 5.82 Å². The van der Waals surface area contributed by atoms with Crippen LogP contribution in [0, 0.1) is 12.7 Å². The molecule has 1 heterocycles. The lowest BCUT2D eigenvalue weighted by molar-refractivity contribution is 0.178. The number of carbonyl (C=O) groups is 1. The quantitative estimate of drug-likeness (QED) is 0.446. The van der Waals surface area contributed by atoms with Gasteiger partial charge < -0.3 is 4.74 Å². The molecule has 1 fully saturated rings. The van der Waals surface area contributed by atoms with Crippen molar-refractivity contribution in [2.45, 2.75) is 38.8 Å². The highest BCUT2D eigenvalue weighted by atomic mass is 19.1. The van der Waals surface area contributed by atoms with Gasteiger partial charge in [0, 0.05) is 12.2 Å². The third-order valence-electron chi connectivity index (χ3n) is 6.47. The number of piperidine rings is 1. The molecule has 1 aliphatic heterocycles. The van der Waals surface area contributed by atoms with Gasteiger partial charge >= 0.3 is 6.09 Å². The molecule has 0 aliphatic carbocycles. The summed E-state index contributed by atoms with van der Waals surface area (Å²) in [5.41, 5.74) is 5.58. The predicted octanol–water partition coefficient (Wildman–Crippen LogP) is 6.29. The average Bonchev–Trinajstić information content (AvgIpc) is 2.85. The molecule has 0 aromatic heterocycles. The molecule has 172 valence electrons. The Bertz CT molecular complexity index is 1060. The van der Waals surface area contributed by atoms with Gasteiger partial charge in [-0.25, -0.2) is 9.18 Å². The molecule has 4 rings (SSSR count). The van der Waals surface area contributed by atoms with E-state index in [1.54, 1.807) is 4.90 Å². The van der Waals surface area contributed by atoms with Crippen LogP contribution in [0.25, 0.3) is 0 Å². The van der Waals surface area contributed by atoms with Gasteiger partial charge in [-0.15, -0.1) is 0 Å². The van der Waals surface area contributed by atoms with Crippen LogP contribution in [0.3, 0.4) is 0 Å². The van der Waals surface area contributed by atoms with E-state index in [4.69, 9.17) is 4.74 Å². The van der Waals surface area contributed by atoms with E-state index in [0.717, 1.165) is 54.9 Å². The van der Waals surface area contributed by atoms with Crippen molar-refractivity contribution in [3.8, 4) is 0 Å². The predicted molar refractivity (Wildman–Crippen MR) is 130 cm³/mol. The Labute approximate surface area is 195 Å². The zero-order valence-electron chi connectivity index (χ0n) is 19.3. The maximum atomic E-state index is 13.2. The van der Waals surface area contributed by atoms with E-state index in [1.807, 2.05) is 49.4 Å². The Kier molecular flexibility index (Phi) is 7.40. The summed E-state index contributed by atoms with van der Waals surface area (Å²) >= 11 is 0. The summed E-state index contributed by atoms with van der Waals surface area (Å²) in [4.78, 5) is 16.7. The van der Waals surface area contributed by atoms with E-state index in [9.17, 15) is 9.18 Å². The number of halogens is 1. The minimum atomic E-state index is -0.359. The van der Waals surface area contributed by atoms with Gasteiger partial charge in [0.15, 0.2) is 0 Å². The Hall–Kier alpha value is -3.18. The molecule has 33 heavy (non-hydrogen) atoms. The summed E-state index contributed by atoms with van der Waals surface area (Å²) in [5, 5.41) is 0. The normalized spacial score (nSPS) is 14.8. The number of hydrogen-bond acceptors (Lipinski definition) is 3. The Morgan fingerprint density at radius 1 is 1.00 bits per heavy atom. The minimum Gasteiger partial charge on any atom is -0.452 e. The molecule has 0 N–H and O–H groups in total. The first-order valence-corrected chi connectivity index (χ1v) is 11.5. The van der Waals surface area contributed by atoms with E-state index in [2.05, 4.69) is 23.1 Å². The first kappa shape index (κ1) is 23.0. The third kappa shape index (κ3) is 5.79. The number of benzene rings is 3. The second-order valence-electron chi connectivity index (χ2n) is 8.77. The van der Waals surface area contributed by atoms with Crippen LogP contribution in [-0.4, -0.2) is 31.2 Å². The second-order valence-corrected chi connectivity index (χ2v) is 8.77. The number of likely N-dealkylation sites (tertiary alicyclic amines) is 1. The summed E-state index contributed by atoms with van der Waals surface area (Å²) in [6.45, 7) is 5.34. The Morgan fingerprint density at radius 3 is 2.33 bits per heavy atom. The molecule has 4 nitrogen and oxygen atoms in total. The lowest BCUT2D eigenvalue weighted by Crippen LogP contribution is -2.33. The highest BCUT2D eigenvalue weighted by molar-refractivity contribution is 5.87. The number of aryl methyl sites for hydroxylation is 1. The van der Waals surface area contributed by atoms with Crippen molar-refractivity contribution in [3.05, 3.63) is 101 Å². The third-order valence-corrected chi connectivity index (χ3v) is 6.47. The Balaban J connectivity index is 1.46. The molecule has 0 radical (unpaired) electrons. The van der Waals surface area contributed by atoms with Crippen LogP contribution in [0.2, 0.25) is 0 Å². The number of amides is 1. The number of carbonyl (C=O) groups excluding carboxylic acids is 1. The van der Waals surface area contributed by atoms with Crippen molar-refractivity contribution < 1.29 is 13.9 Å². The highest BCUT2D eigenvalue weighted by Crippen LogP contribution is 2.32. The molecule has 5 heteroatoms. The Morgan fingerprint density at radius 2 is 1.67 bits per heavy atom. The summed E-state index contributed by atoms with van der Waals surface area (Å²) in [6, 6.07) is 23.1. The zero-order chi connectivity index (χ0) is 23.2. The standard InChI is InChI=1S/C28H31FN2O2/c1-21-7-13-26(14-8-21)31(28(32)33-2)20-24-5-3-4-6-27(24)23-15-17-30(18-16-23)19-22-9-11-25(29)12-10-22/h3-14,23H,15-20H2,1-2H3. The molecule has 1 aliphatic rings. The van der Waals surface area contributed by atoms with Crippen molar-refractivity contribution in [2.24, 2.45) is 0 Å². The van der Waals surface area contributed by atoms with Gasteiger partial charge in [-0.3, -0.25) is 9.80 Å². The van der Waals surface area contributed by atoms with Crippen LogP contribution < -0.4 is 4.90 Å². The highest BCUT2D eigenvalue weighted by Gasteiger charge is 2.24. The van der Waals surface area contributed by atoms with Crippen molar-refractivity contribution in [3.63, 3.8) is 0 Å². The first-order chi connectivity index (χ1) is 16.0. The molecule has 3 aromatic rings. The van der Waals surface area contributed by atoms with Crippen LogP contribution in [-0.2, 0) is 17.8 Å². The molecular weight excluding hydrogens is 415 g/mol. The van der Waals surface area contributed by atoms with E-state index in [1.165, 1.54) is 24.8 Å². The van der Waals surface area contributed by atoms with Crippen LogP contribution in [0.5, 0.6) is 0 Å². The van der Waals surface area contributed by atoms with Gasteiger partial charge in [0.25, 0.3) is 0 Å². The molecule has 1 saturated heterocycles. The molecule has 1 amide bonds. The van der Waals surface area contributed by atoms with Crippen LogP contribution in [0.15, 0.2) is 72.8 Å². The van der Waals surface area contributed by atoms with Crippen LogP contribution >= 0.6 is 0 Å². The molecule has 0 spiro atoms. The molecular formula is C28H31FN2O2. The summed E-state index contributed by atoms with van der Waals surface area (Å²) in [5.74, 6) is 0.254. The lowest BCUT2D eigenvalue weighted by atomic mass is 9.86. The molecule has 3 aromatic carbocycles. The van der Waals surface area contributed by atoms with Crippen molar-refractivity contribution >= 4 is 11.8 Å². The van der Waals surface area contributed by atoms with Crippen molar-refractivity contribution in [1.82, 2.24) is 4.90 Å². The fraction of sp³-hybridized carbons (Fsp3) is 0.321. The molecule has 0 atom stereocenters. The number of ether oxygens (including phenoxy) is 1. The fourth-order valence-corrected chi connectivity index (χ4v) is 4.59. The molecule has 0 bridgehead atoms. The van der Waals surface area contributed by atoms with Crippen LogP contribution in [0.4, 0.5) is 14.9 Å². The average molecular weight is 447 g/mol. The number of anilines is 1. The minimum absolute atomic E-state index is 0.194. The number of methoxy groups -OCH3 is 1. The number of rotatable bonds is 6. The monoisotopic (exact) mass is 446 g/mol. The number of hydrogen-bond donors (Lipinski definition) is 0. The van der Waals surface area contributed by atoms with Crippen molar-refractivity contribution in [1.29, 1.82) is 0 Å². The lowest BCUT2D eigenvalue weighted by Gasteiger charge is -2.33. The molecule has 0 saturated carbocycles. The number of nitrogens with zero attached hydrogens (tertiary/aromatic N) is 2. The van der Waals surface area contributed by atoms with Gasteiger partial charge in [0.2, 0.25) is 0 Å². The fourth-order valence-electron chi connectivity index (χ4n) is 4.59. The summed E-state index contributed by atoms with van der Waals surface area (Å²) < 4.78 is 18.3. The zero-order valence-corrected chi connectivity index (χ0v) is 19.3. The largest absolute Gasteiger partial charge is 0.452 e. The smallest absolute Gasteiger partial charge is 0.414 e. The van der Waals surface area contributed by atoms with Gasteiger partial charge in [0.05, 0.1) is 13.7 Å². The first-order valence-electron chi connectivity index (χ1n) is 11.5. The van der Waals surface area contributed by atoms with E-state index >= 15 is 0 Å².